The van der Waals surface area contributed by atoms with E-state index >= 15 is 0 Å². The zero-order valence-electron chi connectivity index (χ0n) is 10.6. The van der Waals surface area contributed by atoms with Gasteiger partial charge >= 0.3 is 0 Å². The Morgan fingerprint density at radius 1 is 1.53 bits per heavy atom. The molecular weight excluding hydrogens is 303 g/mol. The first-order valence-corrected chi connectivity index (χ1v) is 7.38. The highest BCUT2D eigenvalue weighted by Crippen LogP contribution is 2.20. The minimum atomic E-state index is 0. The van der Waals surface area contributed by atoms with Crippen LogP contribution in [0.1, 0.15) is 17.7 Å². The fraction of sp³-hybridized carbons (Fsp3) is 0.462. The van der Waals surface area contributed by atoms with Crippen molar-refractivity contribution in [2.45, 2.75) is 19.3 Å². The van der Waals surface area contributed by atoms with Gasteiger partial charge in [0.25, 0.3) is 0 Å². The van der Waals surface area contributed by atoms with E-state index in [0.29, 0.717) is 13.0 Å². The molecule has 0 atom stereocenters. The number of carbonyl (C=O) groups excluding carboxylic acids is 1. The number of rotatable bonds is 5. The molecule has 0 unspecified atom stereocenters. The number of carbonyl (C=O) groups is 1. The number of aryl methyl sites for hydroxylation is 1. The van der Waals surface area contributed by atoms with Crippen molar-refractivity contribution in [1.29, 1.82) is 0 Å². The van der Waals surface area contributed by atoms with Gasteiger partial charge in [-0.05, 0) is 25.5 Å². The predicted octanol–water partition coefficient (Wildman–Crippen LogP) is 2.79. The standard InChI is InChI=1S/C13H17ClN2OS.ClH/c14-11-7-12(18-9-11)1-2-13(17)16-8-10-3-5-15-6-4-10;/h3,7,9,15H,1-2,4-6,8H2,(H,16,17);1H. The van der Waals surface area contributed by atoms with Crippen molar-refractivity contribution < 1.29 is 4.79 Å². The van der Waals surface area contributed by atoms with Crippen LogP contribution in [0.4, 0.5) is 0 Å². The summed E-state index contributed by atoms with van der Waals surface area (Å²) in [7, 11) is 0. The van der Waals surface area contributed by atoms with Gasteiger partial charge in [-0.3, -0.25) is 4.79 Å². The third-order valence-electron chi connectivity index (χ3n) is 2.89. The summed E-state index contributed by atoms with van der Waals surface area (Å²) in [5.74, 6) is 0.110. The zero-order valence-corrected chi connectivity index (χ0v) is 13.0. The lowest BCUT2D eigenvalue weighted by molar-refractivity contribution is -0.120. The van der Waals surface area contributed by atoms with Crippen LogP contribution < -0.4 is 10.6 Å². The van der Waals surface area contributed by atoms with Gasteiger partial charge < -0.3 is 10.6 Å². The first-order valence-electron chi connectivity index (χ1n) is 6.12. The van der Waals surface area contributed by atoms with Gasteiger partial charge in [-0.2, -0.15) is 0 Å². The number of amides is 1. The average molecular weight is 321 g/mol. The van der Waals surface area contributed by atoms with Crippen molar-refractivity contribution >= 4 is 41.3 Å². The molecule has 19 heavy (non-hydrogen) atoms. The Morgan fingerprint density at radius 2 is 2.37 bits per heavy atom. The van der Waals surface area contributed by atoms with Gasteiger partial charge in [0.05, 0.1) is 5.02 Å². The molecule has 0 saturated heterocycles. The molecule has 0 saturated carbocycles. The predicted molar refractivity (Wildman–Crippen MR) is 83.5 cm³/mol. The molecule has 1 aliphatic heterocycles. The number of hydrogen-bond acceptors (Lipinski definition) is 3. The molecule has 1 aliphatic rings. The zero-order chi connectivity index (χ0) is 12.8. The maximum Gasteiger partial charge on any atom is 0.220 e. The highest BCUT2D eigenvalue weighted by Gasteiger charge is 2.06. The molecule has 0 bridgehead atoms. The molecule has 2 N–H and O–H groups in total. The van der Waals surface area contributed by atoms with Gasteiger partial charge in [0.15, 0.2) is 0 Å². The Balaban J connectivity index is 0.00000180. The molecular formula is C13H18Cl2N2OS. The molecule has 2 rings (SSSR count). The van der Waals surface area contributed by atoms with E-state index in [0.717, 1.165) is 35.8 Å². The molecule has 1 aromatic heterocycles. The topological polar surface area (TPSA) is 41.1 Å². The molecule has 6 heteroatoms. The fourth-order valence-electron chi connectivity index (χ4n) is 1.85. The van der Waals surface area contributed by atoms with Gasteiger partial charge in [0.2, 0.25) is 5.91 Å². The second-order valence-electron chi connectivity index (χ2n) is 4.32. The molecule has 0 spiro atoms. The maximum atomic E-state index is 11.7. The summed E-state index contributed by atoms with van der Waals surface area (Å²) in [5.41, 5.74) is 1.32. The second kappa shape index (κ2) is 8.59. The van der Waals surface area contributed by atoms with Crippen LogP contribution in [0.2, 0.25) is 5.02 Å². The van der Waals surface area contributed by atoms with Crippen molar-refractivity contribution in [3.63, 3.8) is 0 Å². The van der Waals surface area contributed by atoms with E-state index in [-0.39, 0.29) is 18.3 Å². The third-order valence-corrected chi connectivity index (χ3v) is 4.23. The smallest absolute Gasteiger partial charge is 0.220 e. The fourth-order valence-corrected chi connectivity index (χ4v) is 2.93. The van der Waals surface area contributed by atoms with E-state index in [1.807, 2.05) is 11.4 Å². The molecule has 2 heterocycles. The molecule has 106 valence electrons. The second-order valence-corrected chi connectivity index (χ2v) is 5.76. The van der Waals surface area contributed by atoms with Crippen LogP contribution in [0.5, 0.6) is 0 Å². The molecule has 3 nitrogen and oxygen atoms in total. The van der Waals surface area contributed by atoms with Crippen molar-refractivity contribution in [2.24, 2.45) is 0 Å². The highest BCUT2D eigenvalue weighted by molar-refractivity contribution is 7.10. The minimum absolute atomic E-state index is 0. The highest BCUT2D eigenvalue weighted by atomic mass is 35.5. The van der Waals surface area contributed by atoms with Crippen molar-refractivity contribution in [3.05, 3.63) is 33.0 Å². The van der Waals surface area contributed by atoms with Crippen LogP contribution in [0.25, 0.3) is 0 Å². The number of hydrogen-bond donors (Lipinski definition) is 2. The lowest BCUT2D eigenvalue weighted by atomic mass is 10.1. The van der Waals surface area contributed by atoms with E-state index in [1.54, 1.807) is 11.3 Å². The van der Waals surface area contributed by atoms with E-state index in [4.69, 9.17) is 11.6 Å². The summed E-state index contributed by atoms with van der Waals surface area (Å²) in [6.07, 6.45) is 4.48. The van der Waals surface area contributed by atoms with Gasteiger partial charge in [0, 0.05) is 29.8 Å². The minimum Gasteiger partial charge on any atom is -0.352 e. The Labute approximate surface area is 128 Å². The Bertz CT molecular complexity index is 446. The summed E-state index contributed by atoms with van der Waals surface area (Å²) in [5, 5.41) is 8.87. The molecule has 0 fully saturated rings. The summed E-state index contributed by atoms with van der Waals surface area (Å²) in [6, 6.07) is 1.93. The SMILES string of the molecule is Cl.O=C(CCc1cc(Cl)cs1)NCC1=CCNCC1. The van der Waals surface area contributed by atoms with Gasteiger partial charge in [-0.25, -0.2) is 0 Å². The van der Waals surface area contributed by atoms with Crippen LogP contribution in [-0.2, 0) is 11.2 Å². The Hall–Kier alpha value is -0.550. The first-order chi connectivity index (χ1) is 8.74. The van der Waals surface area contributed by atoms with E-state index < -0.39 is 0 Å². The summed E-state index contributed by atoms with van der Waals surface area (Å²) >= 11 is 7.44. The largest absolute Gasteiger partial charge is 0.352 e. The van der Waals surface area contributed by atoms with Crippen molar-refractivity contribution in [3.8, 4) is 0 Å². The molecule has 1 amide bonds. The normalized spacial score (nSPS) is 14.5. The summed E-state index contributed by atoms with van der Waals surface area (Å²) in [4.78, 5) is 12.8. The van der Waals surface area contributed by atoms with E-state index in [2.05, 4.69) is 16.7 Å². The average Bonchev–Trinajstić information content (AvgIpc) is 2.81. The number of halogens is 2. The van der Waals surface area contributed by atoms with Gasteiger partial charge in [-0.15, -0.1) is 23.7 Å². The van der Waals surface area contributed by atoms with Crippen LogP contribution in [0, 0.1) is 0 Å². The number of nitrogens with one attached hydrogen (secondary N) is 2. The van der Waals surface area contributed by atoms with Crippen molar-refractivity contribution in [2.75, 3.05) is 19.6 Å². The van der Waals surface area contributed by atoms with E-state index in [9.17, 15) is 4.79 Å². The molecule has 0 aromatic carbocycles. The Morgan fingerprint density at radius 3 is 3.00 bits per heavy atom. The number of thiophene rings is 1. The van der Waals surface area contributed by atoms with Crippen LogP contribution in [0.3, 0.4) is 0 Å². The van der Waals surface area contributed by atoms with E-state index in [1.165, 1.54) is 5.57 Å². The summed E-state index contributed by atoms with van der Waals surface area (Å²) < 4.78 is 0. The maximum absolute atomic E-state index is 11.7. The van der Waals surface area contributed by atoms with Crippen LogP contribution in [-0.4, -0.2) is 25.5 Å². The van der Waals surface area contributed by atoms with Gasteiger partial charge in [-0.1, -0.05) is 23.3 Å². The monoisotopic (exact) mass is 320 g/mol. The first kappa shape index (κ1) is 16.5. The third kappa shape index (κ3) is 5.95. The van der Waals surface area contributed by atoms with Crippen LogP contribution in [0.15, 0.2) is 23.1 Å². The van der Waals surface area contributed by atoms with Crippen molar-refractivity contribution in [1.82, 2.24) is 10.6 Å². The lowest BCUT2D eigenvalue weighted by Gasteiger charge is -2.14. The van der Waals surface area contributed by atoms with Crippen LogP contribution >= 0.6 is 35.3 Å². The molecule has 0 aliphatic carbocycles. The lowest BCUT2D eigenvalue weighted by Crippen LogP contribution is -2.29. The quantitative estimate of drug-likeness (QED) is 0.819. The summed E-state index contributed by atoms with van der Waals surface area (Å²) in [6.45, 7) is 2.61. The molecule has 1 aromatic rings. The molecule has 0 radical (unpaired) electrons. The van der Waals surface area contributed by atoms with Gasteiger partial charge in [0.1, 0.15) is 0 Å². The Kier molecular flexibility index (Phi) is 7.46.